The van der Waals surface area contributed by atoms with Crippen LogP contribution in [0.3, 0.4) is 0 Å². The van der Waals surface area contributed by atoms with Crippen molar-refractivity contribution in [2.45, 2.75) is 19.5 Å². The lowest BCUT2D eigenvalue weighted by atomic mass is 10.0. The van der Waals surface area contributed by atoms with E-state index in [1.54, 1.807) is 17.4 Å². The monoisotopic (exact) mass is 452 g/mol. The molecule has 8 heteroatoms. The topological polar surface area (TPSA) is 81.2 Å². The number of carboxylic acid groups (broad SMARTS) is 1. The number of hydrogen-bond donors (Lipinski definition) is 3. The SMILES string of the molecule is CC(=O)O.Fc1ccc(-c2ccc3[nH]ncc3c2)cc1CN1CCNC[C@H]1c1cccs1. The van der Waals surface area contributed by atoms with Gasteiger partial charge in [0.2, 0.25) is 0 Å². The van der Waals surface area contributed by atoms with Gasteiger partial charge in [0.15, 0.2) is 0 Å². The molecule has 166 valence electrons. The van der Waals surface area contributed by atoms with Gasteiger partial charge in [-0.3, -0.25) is 14.8 Å². The fourth-order valence-corrected chi connectivity index (χ4v) is 4.77. The van der Waals surface area contributed by atoms with Crippen molar-refractivity contribution in [3.05, 3.63) is 76.4 Å². The van der Waals surface area contributed by atoms with Gasteiger partial charge in [-0.1, -0.05) is 18.2 Å². The third kappa shape index (κ3) is 5.21. The first-order valence-corrected chi connectivity index (χ1v) is 11.3. The first-order chi connectivity index (χ1) is 15.5. The molecule has 1 saturated heterocycles. The maximum atomic E-state index is 14.7. The van der Waals surface area contributed by atoms with Crippen molar-refractivity contribution in [3.63, 3.8) is 0 Å². The number of rotatable bonds is 4. The van der Waals surface area contributed by atoms with E-state index in [1.807, 2.05) is 24.4 Å². The minimum absolute atomic E-state index is 0.142. The summed E-state index contributed by atoms with van der Waals surface area (Å²) in [6, 6.07) is 16.1. The number of hydrogen-bond acceptors (Lipinski definition) is 5. The Morgan fingerprint density at radius 3 is 2.81 bits per heavy atom. The molecule has 1 atom stereocenters. The number of aromatic nitrogens is 2. The van der Waals surface area contributed by atoms with Crippen molar-refractivity contribution in [1.29, 1.82) is 0 Å². The Balaban J connectivity index is 0.000000567. The average molecular weight is 453 g/mol. The lowest BCUT2D eigenvalue weighted by Gasteiger charge is -2.35. The van der Waals surface area contributed by atoms with Gasteiger partial charge >= 0.3 is 0 Å². The van der Waals surface area contributed by atoms with Crippen molar-refractivity contribution in [3.8, 4) is 11.1 Å². The third-order valence-electron chi connectivity index (χ3n) is 5.42. The molecule has 0 saturated carbocycles. The van der Waals surface area contributed by atoms with Gasteiger partial charge < -0.3 is 10.4 Å². The van der Waals surface area contributed by atoms with Crippen molar-refractivity contribution in [1.82, 2.24) is 20.4 Å². The number of carboxylic acids is 1. The van der Waals surface area contributed by atoms with Gasteiger partial charge in [-0.2, -0.15) is 5.10 Å². The molecule has 3 heterocycles. The van der Waals surface area contributed by atoms with Gasteiger partial charge in [0.05, 0.1) is 17.8 Å². The molecule has 0 radical (unpaired) electrons. The highest BCUT2D eigenvalue weighted by molar-refractivity contribution is 7.10. The molecule has 0 aliphatic carbocycles. The van der Waals surface area contributed by atoms with E-state index in [1.165, 1.54) is 4.88 Å². The Morgan fingerprint density at radius 1 is 1.25 bits per heavy atom. The van der Waals surface area contributed by atoms with Crippen molar-refractivity contribution in [2.24, 2.45) is 0 Å². The highest BCUT2D eigenvalue weighted by Gasteiger charge is 2.25. The van der Waals surface area contributed by atoms with E-state index < -0.39 is 5.97 Å². The van der Waals surface area contributed by atoms with E-state index in [0.29, 0.717) is 12.6 Å². The van der Waals surface area contributed by atoms with Crippen LogP contribution in [0.2, 0.25) is 0 Å². The van der Waals surface area contributed by atoms with Crippen LogP contribution >= 0.6 is 11.3 Å². The molecule has 32 heavy (non-hydrogen) atoms. The molecule has 0 unspecified atom stereocenters. The molecule has 2 aromatic heterocycles. The minimum atomic E-state index is -0.833. The molecule has 0 spiro atoms. The predicted molar refractivity (Wildman–Crippen MR) is 125 cm³/mol. The van der Waals surface area contributed by atoms with Gasteiger partial charge in [-0.25, -0.2) is 4.39 Å². The van der Waals surface area contributed by atoms with Gasteiger partial charge in [0, 0.05) is 48.9 Å². The first kappa shape index (κ1) is 22.1. The molecule has 1 aliphatic heterocycles. The summed E-state index contributed by atoms with van der Waals surface area (Å²) in [5, 5.41) is 21.1. The summed E-state index contributed by atoms with van der Waals surface area (Å²) < 4.78 is 14.7. The molecule has 0 amide bonds. The third-order valence-corrected chi connectivity index (χ3v) is 6.39. The van der Waals surface area contributed by atoms with Crippen LogP contribution in [0.1, 0.15) is 23.4 Å². The summed E-state index contributed by atoms with van der Waals surface area (Å²) in [4.78, 5) is 12.7. The molecular formula is C24H25FN4O2S. The van der Waals surface area contributed by atoms with Crippen LogP contribution in [0.25, 0.3) is 22.0 Å². The number of fused-ring (bicyclic) bond motifs is 1. The molecule has 1 aliphatic rings. The van der Waals surface area contributed by atoms with Crippen LogP contribution in [-0.4, -0.2) is 45.8 Å². The Hall–Kier alpha value is -3.07. The highest BCUT2D eigenvalue weighted by Crippen LogP contribution is 2.30. The van der Waals surface area contributed by atoms with Crippen molar-refractivity contribution < 1.29 is 14.3 Å². The van der Waals surface area contributed by atoms with Gasteiger partial charge in [0.1, 0.15) is 5.82 Å². The second kappa shape index (κ2) is 10.0. The van der Waals surface area contributed by atoms with E-state index in [-0.39, 0.29) is 5.82 Å². The smallest absolute Gasteiger partial charge is 0.300 e. The largest absolute Gasteiger partial charge is 0.481 e. The predicted octanol–water partition coefficient (Wildman–Crippen LogP) is 4.67. The normalized spacial score (nSPS) is 16.5. The maximum absolute atomic E-state index is 14.7. The van der Waals surface area contributed by atoms with Crippen molar-refractivity contribution in [2.75, 3.05) is 19.6 Å². The van der Waals surface area contributed by atoms with E-state index >= 15 is 0 Å². The second-order valence-electron chi connectivity index (χ2n) is 7.70. The highest BCUT2D eigenvalue weighted by atomic mass is 32.1. The number of H-pyrrole nitrogens is 1. The zero-order valence-corrected chi connectivity index (χ0v) is 18.5. The summed E-state index contributed by atoms with van der Waals surface area (Å²) in [7, 11) is 0. The fraction of sp³-hybridized carbons (Fsp3) is 0.250. The van der Waals surface area contributed by atoms with Crippen LogP contribution in [0.5, 0.6) is 0 Å². The summed E-state index contributed by atoms with van der Waals surface area (Å²) >= 11 is 1.77. The number of halogens is 1. The minimum Gasteiger partial charge on any atom is -0.481 e. The maximum Gasteiger partial charge on any atom is 0.300 e. The number of piperazine rings is 1. The van der Waals surface area contributed by atoms with Crippen molar-refractivity contribution >= 4 is 28.2 Å². The molecule has 2 aromatic carbocycles. The number of nitrogens with one attached hydrogen (secondary N) is 2. The molecule has 4 aromatic rings. The molecule has 3 N–H and O–H groups in total. The number of benzene rings is 2. The van der Waals surface area contributed by atoms with Crippen LogP contribution in [0.15, 0.2) is 60.1 Å². The standard InChI is InChI=1S/C22H21FN4S.C2H4O2/c23-19-5-3-15(16-4-6-20-17(10-16)12-25-26-20)11-18(19)14-27-8-7-24-13-21(27)22-2-1-9-28-22;1-2(3)4/h1-6,9-12,21,24H,7-8,13-14H2,(H,25,26);1H3,(H,3,4)/t21-;/m0./s1. The molecule has 1 fully saturated rings. The Bertz CT molecular complexity index is 1190. The number of aromatic amines is 1. The Kier molecular flexibility index (Phi) is 6.94. The number of thiophene rings is 1. The fourth-order valence-electron chi connectivity index (χ4n) is 3.91. The lowest BCUT2D eigenvalue weighted by molar-refractivity contribution is -0.134. The van der Waals surface area contributed by atoms with Crippen LogP contribution in [0.4, 0.5) is 4.39 Å². The second-order valence-corrected chi connectivity index (χ2v) is 8.68. The summed E-state index contributed by atoms with van der Waals surface area (Å²) in [6.45, 7) is 4.43. The molecule has 0 bridgehead atoms. The van der Waals surface area contributed by atoms with Crippen LogP contribution < -0.4 is 5.32 Å². The van der Waals surface area contributed by atoms with E-state index in [2.05, 4.69) is 50.1 Å². The van der Waals surface area contributed by atoms with Gasteiger partial charge in [0.25, 0.3) is 5.97 Å². The van der Waals surface area contributed by atoms with Gasteiger partial charge in [-0.05, 0) is 46.8 Å². The lowest BCUT2D eigenvalue weighted by Crippen LogP contribution is -2.45. The average Bonchev–Trinajstić information content (AvgIpc) is 3.47. The molecule has 5 rings (SSSR count). The summed E-state index contributed by atoms with van der Waals surface area (Å²) in [5.41, 5.74) is 3.85. The number of aliphatic carboxylic acids is 1. The van der Waals surface area contributed by atoms with E-state index in [0.717, 1.165) is 54.2 Å². The molecule has 6 nitrogen and oxygen atoms in total. The molecular weight excluding hydrogens is 427 g/mol. The zero-order chi connectivity index (χ0) is 22.5. The quantitative estimate of drug-likeness (QED) is 0.419. The van der Waals surface area contributed by atoms with Crippen LogP contribution in [0, 0.1) is 5.82 Å². The van der Waals surface area contributed by atoms with E-state index in [9.17, 15) is 4.39 Å². The Labute approximate surface area is 189 Å². The Morgan fingerprint density at radius 2 is 2.03 bits per heavy atom. The number of carbonyl (C=O) groups is 1. The summed E-state index contributed by atoms with van der Waals surface area (Å²) in [6.07, 6.45) is 1.82. The number of nitrogens with zero attached hydrogens (tertiary/aromatic N) is 2. The van der Waals surface area contributed by atoms with Gasteiger partial charge in [-0.15, -0.1) is 11.3 Å². The first-order valence-electron chi connectivity index (χ1n) is 10.4. The summed E-state index contributed by atoms with van der Waals surface area (Å²) in [5.74, 6) is -0.975. The zero-order valence-electron chi connectivity index (χ0n) is 17.7. The van der Waals surface area contributed by atoms with Crippen LogP contribution in [-0.2, 0) is 11.3 Å². The van der Waals surface area contributed by atoms with E-state index in [4.69, 9.17) is 9.90 Å².